The van der Waals surface area contributed by atoms with Crippen LogP contribution in [-0.2, 0) is 6.54 Å². The first-order valence-corrected chi connectivity index (χ1v) is 7.29. The Hall–Kier alpha value is -1.71. The predicted octanol–water partition coefficient (Wildman–Crippen LogP) is 2.93. The summed E-state index contributed by atoms with van der Waals surface area (Å²) in [5.41, 5.74) is 7.57. The summed E-state index contributed by atoms with van der Waals surface area (Å²) in [6.45, 7) is 0.673. The summed E-state index contributed by atoms with van der Waals surface area (Å²) in [4.78, 5) is 5.57. The third kappa shape index (κ3) is 2.58. The van der Waals surface area contributed by atoms with Crippen LogP contribution in [-0.4, -0.2) is 11.2 Å². The monoisotopic (exact) mass is 276 g/mol. The van der Waals surface area contributed by atoms with Crippen molar-refractivity contribution in [1.29, 1.82) is 5.26 Å². The molecule has 0 amide bonds. The average molecular weight is 276 g/mol. The zero-order chi connectivity index (χ0) is 13.0. The van der Waals surface area contributed by atoms with Crippen molar-refractivity contribution in [3.05, 3.63) is 35.0 Å². The Bertz CT molecular complexity index is 572. The molecule has 4 nitrogen and oxygen atoms in total. The standard InChI is InChI=1S/C12H12N4S2/c1-17-11-10(14)9(5-13)18-12(11)16-7-8-3-2-4-15-6-8/h2-4,6,16H,7,14H2,1H3. The Kier molecular flexibility index (Phi) is 4.07. The molecule has 0 saturated heterocycles. The molecule has 0 saturated carbocycles. The van der Waals surface area contributed by atoms with E-state index in [1.807, 2.05) is 24.6 Å². The smallest absolute Gasteiger partial charge is 0.131 e. The van der Waals surface area contributed by atoms with Crippen molar-refractivity contribution in [2.75, 3.05) is 17.3 Å². The molecule has 2 heterocycles. The lowest BCUT2D eigenvalue weighted by Crippen LogP contribution is -1.99. The highest BCUT2D eigenvalue weighted by Gasteiger charge is 2.14. The summed E-state index contributed by atoms with van der Waals surface area (Å²) in [6.07, 6.45) is 5.51. The van der Waals surface area contributed by atoms with Crippen molar-refractivity contribution in [3.63, 3.8) is 0 Å². The Labute approximate surface area is 114 Å². The van der Waals surface area contributed by atoms with Crippen molar-refractivity contribution in [2.45, 2.75) is 11.4 Å². The SMILES string of the molecule is CSc1c(NCc2cccnc2)sc(C#N)c1N. The number of anilines is 2. The average Bonchev–Trinajstić information content (AvgIpc) is 2.73. The zero-order valence-electron chi connectivity index (χ0n) is 9.80. The molecule has 0 spiro atoms. The van der Waals surface area contributed by atoms with Gasteiger partial charge in [-0.2, -0.15) is 5.26 Å². The Morgan fingerprint density at radius 2 is 2.44 bits per heavy atom. The number of nitrogens with zero attached hydrogens (tertiary/aromatic N) is 2. The molecule has 0 fully saturated rings. The van der Waals surface area contributed by atoms with Gasteiger partial charge >= 0.3 is 0 Å². The topological polar surface area (TPSA) is 74.7 Å². The van der Waals surface area contributed by atoms with Gasteiger partial charge in [-0.15, -0.1) is 23.1 Å². The molecule has 0 aliphatic carbocycles. The minimum Gasteiger partial charge on any atom is -0.396 e. The Morgan fingerprint density at radius 1 is 1.61 bits per heavy atom. The molecule has 0 aliphatic heterocycles. The molecular formula is C12H12N4S2. The quantitative estimate of drug-likeness (QED) is 0.840. The number of hydrogen-bond donors (Lipinski definition) is 2. The van der Waals surface area contributed by atoms with Gasteiger partial charge in [-0.1, -0.05) is 6.07 Å². The minimum atomic E-state index is 0.563. The fourth-order valence-electron chi connectivity index (χ4n) is 1.52. The van der Waals surface area contributed by atoms with Crippen molar-refractivity contribution in [3.8, 4) is 6.07 Å². The first-order valence-electron chi connectivity index (χ1n) is 5.25. The summed E-state index contributed by atoms with van der Waals surface area (Å²) in [7, 11) is 0. The Morgan fingerprint density at radius 3 is 3.06 bits per heavy atom. The van der Waals surface area contributed by atoms with Crippen molar-refractivity contribution in [2.24, 2.45) is 0 Å². The number of nitrogens with two attached hydrogens (primary N) is 1. The number of thioether (sulfide) groups is 1. The fraction of sp³-hybridized carbons (Fsp3) is 0.167. The van der Waals surface area contributed by atoms with Crippen LogP contribution in [0, 0.1) is 11.3 Å². The second-order valence-electron chi connectivity index (χ2n) is 3.53. The number of hydrogen-bond acceptors (Lipinski definition) is 6. The molecule has 3 N–H and O–H groups in total. The van der Waals surface area contributed by atoms with Crippen LogP contribution < -0.4 is 11.1 Å². The number of thiophene rings is 1. The van der Waals surface area contributed by atoms with Crippen LogP contribution in [0.2, 0.25) is 0 Å². The van der Waals surface area contributed by atoms with Crippen LogP contribution in [0.15, 0.2) is 29.4 Å². The lowest BCUT2D eigenvalue weighted by molar-refractivity contribution is 1.11. The summed E-state index contributed by atoms with van der Waals surface area (Å²) in [6, 6.07) is 6.02. The predicted molar refractivity (Wildman–Crippen MR) is 76.8 cm³/mol. The van der Waals surface area contributed by atoms with Crippen LogP contribution in [0.3, 0.4) is 0 Å². The van der Waals surface area contributed by atoms with Crippen LogP contribution in [0.25, 0.3) is 0 Å². The highest BCUT2D eigenvalue weighted by Crippen LogP contribution is 2.41. The van der Waals surface area contributed by atoms with Crippen LogP contribution >= 0.6 is 23.1 Å². The number of nitrogen functional groups attached to an aromatic ring is 1. The molecule has 6 heteroatoms. The molecule has 2 rings (SSSR count). The van der Waals surface area contributed by atoms with Gasteiger partial charge in [-0.25, -0.2) is 0 Å². The van der Waals surface area contributed by atoms with E-state index in [2.05, 4.69) is 16.4 Å². The van der Waals surface area contributed by atoms with Gasteiger partial charge in [0, 0.05) is 18.9 Å². The van der Waals surface area contributed by atoms with Gasteiger partial charge in [0.1, 0.15) is 15.9 Å². The maximum atomic E-state index is 8.97. The highest BCUT2D eigenvalue weighted by molar-refractivity contribution is 7.99. The van der Waals surface area contributed by atoms with Crippen LogP contribution in [0.1, 0.15) is 10.4 Å². The summed E-state index contributed by atoms with van der Waals surface area (Å²) >= 11 is 2.94. The largest absolute Gasteiger partial charge is 0.396 e. The van der Waals surface area contributed by atoms with E-state index in [1.54, 1.807) is 18.0 Å². The van der Waals surface area contributed by atoms with E-state index in [0.29, 0.717) is 17.1 Å². The van der Waals surface area contributed by atoms with Gasteiger partial charge in [0.05, 0.1) is 10.6 Å². The van der Waals surface area contributed by atoms with Crippen molar-refractivity contribution in [1.82, 2.24) is 4.98 Å². The molecule has 0 unspecified atom stereocenters. The van der Waals surface area contributed by atoms with E-state index in [4.69, 9.17) is 11.0 Å². The number of pyridine rings is 1. The highest BCUT2D eigenvalue weighted by atomic mass is 32.2. The number of nitrogens with one attached hydrogen (secondary N) is 1. The van der Waals surface area contributed by atoms with Crippen molar-refractivity contribution < 1.29 is 0 Å². The molecule has 0 radical (unpaired) electrons. The lowest BCUT2D eigenvalue weighted by atomic mass is 10.3. The van der Waals surface area contributed by atoms with Gasteiger partial charge in [-0.3, -0.25) is 4.98 Å². The molecule has 18 heavy (non-hydrogen) atoms. The first-order chi connectivity index (χ1) is 8.76. The van der Waals surface area contributed by atoms with Crippen LogP contribution in [0.4, 0.5) is 10.7 Å². The maximum absolute atomic E-state index is 8.97. The minimum absolute atomic E-state index is 0.563. The van der Waals surface area contributed by atoms with E-state index < -0.39 is 0 Å². The van der Waals surface area contributed by atoms with E-state index in [0.717, 1.165) is 15.5 Å². The van der Waals surface area contributed by atoms with Gasteiger partial charge in [0.15, 0.2) is 0 Å². The number of nitriles is 1. The third-order valence-corrected chi connectivity index (χ3v) is 4.41. The van der Waals surface area contributed by atoms with Gasteiger partial charge < -0.3 is 11.1 Å². The summed E-state index contributed by atoms with van der Waals surface area (Å²) in [5.74, 6) is 0. The van der Waals surface area contributed by atoms with Crippen molar-refractivity contribution >= 4 is 33.8 Å². The summed E-state index contributed by atoms with van der Waals surface area (Å²) in [5, 5.41) is 13.2. The molecule has 0 bridgehead atoms. The van der Waals surface area contributed by atoms with E-state index in [-0.39, 0.29) is 0 Å². The molecule has 92 valence electrons. The van der Waals surface area contributed by atoms with E-state index in [1.165, 1.54) is 11.3 Å². The van der Waals surface area contributed by atoms with Gasteiger partial charge in [0.25, 0.3) is 0 Å². The zero-order valence-corrected chi connectivity index (χ0v) is 11.4. The molecule has 0 aromatic carbocycles. The molecule has 0 aliphatic rings. The number of rotatable bonds is 4. The second kappa shape index (κ2) is 5.76. The van der Waals surface area contributed by atoms with Crippen LogP contribution in [0.5, 0.6) is 0 Å². The number of aromatic nitrogens is 1. The maximum Gasteiger partial charge on any atom is 0.131 e. The van der Waals surface area contributed by atoms with E-state index in [9.17, 15) is 0 Å². The fourth-order valence-corrected chi connectivity index (χ4v) is 3.34. The Balaban J connectivity index is 2.17. The van der Waals surface area contributed by atoms with Gasteiger partial charge in [0.2, 0.25) is 0 Å². The van der Waals surface area contributed by atoms with E-state index >= 15 is 0 Å². The second-order valence-corrected chi connectivity index (χ2v) is 5.37. The molecular weight excluding hydrogens is 264 g/mol. The van der Waals surface area contributed by atoms with Gasteiger partial charge in [-0.05, 0) is 17.9 Å². The first kappa shape index (κ1) is 12.7. The summed E-state index contributed by atoms with van der Waals surface area (Å²) < 4.78 is 0. The molecule has 0 atom stereocenters. The molecule has 2 aromatic rings. The third-order valence-electron chi connectivity index (χ3n) is 2.38. The lowest BCUT2D eigenvalue weighted by Gasteiger charge is -2.05. The molecule has 2 aromatic heterocycles. The normalized spacial score (nSPS) is 10.0.